The van der Waals surface area contributed by atoms with Crippen molar-refractivity contribution in [1.82, 2.24) is 9.03 Å². The van der Waals surface area contributed by atoms with Crippen LogP contribution in [0.4, 0.5) is 0 Å². The minimum atomic E-state index is -3.57. The van der Waals surface area contributed by atoms with Gasteiger partial charge in [-0.25, -0.2) is 21.6 Å². The summed E-state index contributed by atoms with van der Waals surface area (Å²) in [6.07, 6.45) is 2.98. The highest BCUT2D eigenvalue weighted by Crippen LogP contribution is 2.29. The number of rotatable bonds is 7. The van der Waals surface area contributed by atoms with Gasteiger partial charge >= 0.3 is 0 Å². The predicted octanol–water partition coefficient (Wildman–Crippen LogP) is 2.66. The summed E-state index contributed by atoms with van der Waals surface area (Å²) in [7, 11) is -7.08. The van der Waals surface area contributed by atoms with Crippen LogP contribution in [0.15, 0.2) is 56.9 Å². The molecule has 0 saturated carbocycles. The molecule has 1 aliphatic rings. The lowest BCUT2D eigenvalue weighted by molar-refractivity contribution is 0.242. The monoisotopic (exact) mass is 414 g/mol. The molecule has 1 aromatic heterocycles. The Hall–Kier alpha value is -1.26. The molecule has 0 amide bonds. The summed E-state index contributed by atoms with van der Waals surface area (Å²) in [5.41, 5.74) is 0. The van der Waals surface area contributed by atoms with Gasteiger partial charge in [0.15, 0.2) is 0 Å². The van der Waals surface area contributed by atoms with Gasteiger partial charge in [0.05, 0.1) is 4.90 Å². The fourth-order valence-corrected chi connectivity index (χ4v) is 7.06. The maximum atomic E-state index is 12.8. The van der Waals surface area contributed by atoms with Crippen LogP contribution in [0.5, 0.6) is 0 Å². The summed E-state index contributed by atoms with van der Waals surface area (Å²) in [4.78, 5) is 0.215. The van der Waals surface area contributed by atoms with Crippen LogP contribution in [0.25, 0.3) is 0 Å². The van der Waals surface area contributed by atoms with E-state index in [1.807, 2.05) is 0 Å². The number of nitrogens with one attached hydrogen (secondary N) is 1. The Bertz CT molecular complexity index is 910. The Labute approximate surface area is 159 Å². The number of sulfonamides is 2. The van der Waals surface area contributed by atoms with E-state index in [-0.39, 0.29) is 17.5 Å². The van der Waals surface area contributed by atoms with Crippen molar-refractivity contribution < 1.29 is 16.8 Å². The van der Waals surface area contributed by atoms with E-state index in [1.165, 1.54) is 23.5 Å². The third-order valence-corrected chi connectivity index (χ3v) is 9.26. The van der Waals surface area contributed by atoms with Crippen molar-refractivity contribution in [2.45, 2.75) is 40.8 Å². The van der Waals surface area contributed by atoms with Crippen molar-refractivity contribution in [3.05, 3.63) is 47.8 Å². The zero-order valence-corrected chi connectivity index (χ0v) is 16.7. The first-order valence-corrected chi connectivity index (χ1v) is 12.3. The van der Waals surface area contributed by atoms with Crippen molar-refractivity contribution in [2.75, 3.05) is 13.1 Å². The molecule has 0 radical (unpaired) electrons. The van der Waals surface area contributed by atoms with E-state index in [4.69, 9.17) is 0 Å². The lowest BCUT2D eigenvalue weighted by Crippen LogP contribution is -2.44. The smallest absolute Gasteiger partial charge is 0.211 e. The van der Waals surface area contributed by atoms with Crippen LogP contribution in [-0.4, -0.2) is 40.3 Å². The number of hydrogen-bond acceptors (Lipinski definition) is 5. The Balaban J connectivity index is 1.66. The normalized spacial score (nSPS) is 19.5. The Morgan fingerprint density at radius 3 is 2.50 bits per heavy atom. The molecule has 0 spiro atoms. The largest absolute Gasteiger partial charge is 0.252 e. The molecule has 2 heterocycles. The van der Waals surface area contributed by atoms with E-state index in [9.17, 15) is 16.8 Å². The number of piperidine rings is 1. The SMILES string of the molecule is O=S(=O)(NCCC1CCCCN1S(=O)(=O)c1cccs1)c1ccccc1. The molecule has 1 aliphatic heterocycles. The van der Waals surface area contributed by atoms with E-state index < -0.39 is 20.0 Å². The molecule has 0 bridgehead atoms. The third kappa shape index (κ3) is 4.34. The minimum Gasteiger partial charge on any atom is -0.211 e. The van der Waals surface area contributed by atoms with Crippen molar-refractivity contribution in [3.8, 4) is 0 Å². The van der Waals surface area contributed by atoms with Crippen LogP contribution in [0.3, 0.4) is 0 Å². The molecule has 0 aliphatic carbocycles. The third-order valence-electron chi connectivity index (χ3n) is 4.45. The minimum absolute atomic E-state index is 0.186. The second kappa shape index (κ2) is 8.18. The summed E-state index contributed by atoms with van der Waals surface area (Å²) in [5, 5.41) is 1.75. The van der Waals surface area contributed by atoms with Crippen LogP contribution in [0.2, 0.25) is 0 Å². The zero-order valence-electron chi connectivity index (χ0n) is 14.2. The summed E-state index contributed by atoms with van der Waals surface area (Å²) in [6, 6.07) is 11.3. The fraction of sp³-hybridized carbons (Fsp3) is 0.412. The number of benzene rings is 1. The number of nitrogens with zero attached hydrogens (tertiary/aromatic N) is 1. The van der Waals surface area contributed by atoms with Crippen molar-refractivity contribution in [3.63, 3.8) is 0 Å². The number of thiophene rings is 1. The molecule has 3 rings (SSSR count). The van der Waals surface area contributed by atoms with E-state index >= 15 is 0 Å². The van der Waals surface area contributed by atoms with Crippen LogP contribution in [-0.2, 0) is 20.0 Å². The summed E-state index contributed by atoms with van der Waals surface area (Å²) < 4.78 is 54.7. The van der Waals surface area contributed by atoms with Crippen molar-refractivity contribution in [2.24, 2.45) is 0 Å². The topological polar surface area (TPSA) is 83.6 Å². The molecule has 1 saturated heterocycles. The molecule has 6 nitrogen and oxygen atoms in total. The summed E-state index contributed by atoms with van der Waals surface area (Å²) in [6.45, 7) is 0.689. The highest BCUT2D eigenvalue weighted by atomic mass is 32.2. The van der Waals surface area contributed by atoms with Crippen LogP contribution >= 0.6 is 11.3 Å². The fourth-order valence-electron chi connectivity index (χ4n) is 3.15. The molecule has 9 heteroatoms. The average Bonchev–Trinajstić information content (AvgIpc) is 3.18. The number of hydrogen-bond donors (Lipinski definition) is 1. The lowest BCUT2D eigenvalue weighted by atomic mass is 10.0. The van der Waals surface area contributed by atoms with Gasteiger partial charge in [-0.05, 0) is 42.8 Å². The second-order valence-electron chi connectivity index (χ2n) is 6.20. The first kappa shape index (κ1) is 19.5. The average molecular weight is 415 g/mol. The molecule has 2 aromatic rings. The van der Waals surface area contributed by atoms with Gasteiger partial charge in [0.1, 0.15) is 4.21 Å². The van der Waals surface area contributed by atoms with Gasteiger partial charge in [0.2, 0.25) is 10.0 Å². The molecule has 1 aromatic carbocycles. The maximum Gasteiger partial charge on any atom is 0.252 e. The Morgan fingerprint density at radius 1 is 1.04 bits per heavy atom. The van der Waals surface area contributed by atoms with Gasteiger partial charge in [-0.2, -0.15) is 4.31 Å². The summed E-state index contributed by atoms with van der Waals surface area (Å²) >= 11 is 1.21. The van der Waals surface area contributed by atoms with Crippen LogP contribution in [0.1, 0.15) is 25.7 Å². The molecular weight excluding hydrogens is 392 g/mol. The van der Waals surface area contributed by atoms with Gasteiger partial charge in [0.25, 0.3) is 10.0 Å². The first-order chi connectivity index (χ1) is 12.4. The van der Waals surface area contributed by atoms with E-state index in [0.29, 0.717) is 17.2 Å². The van der Waals surface area contributed by atoms with Gasteiger partial charge in [-0.1, -0.05) is 30.7 Å². The van der Waals surface area contributed by atoms with E-state index in [2.05, 4.69) is 4.72 Å². The molecule has 142 valence electrons. The van der Waals surface area contributed by atoms with Crippen LogP contribution < -0.4 is 4.72 Å². The molecule has 1 atom stereocenters. The van der Waals surface area contributed by atoms with Crippen LogP contribution in [0, 0.1) is 0 Å². The van der Waals surface area contributed by atoms with Crippen molar-refractivity contribution in [1.29, 1.82) is 0 Å². The molecule has 1 N–H and O–H groups in total. The second-order valence-corrected chi connectivity index (χ2v) is 11.0. The summed E-state index contributed by atoms with van der Waals surface area (Å²) in [5.74, 6) is 0. The molecule has 1 unspecified atom stereocenters. The first-order valence-electron chi connectivity index (χ1n) is 8.51. The van der Waals surface area contributed by atoms with E-state index in [1.54, 1.807) is 40.0 Å². The predicted molar refractivity (Wildman–Crippen MR) is 102 cm³/mol. The highest BCUT2D eigenvalue weighted by Gasteiger charge is 2.33. The highest BCUT2D eigenvalue weighted by molar-refractivity contribution is 7.91. The van der Waals surface area contributed by atoms with Gasteiger partial charge in [0, 0.05) is 19.1 Å². The zero-order chi connectivity index (χ0) is 18.6. The molecule has 26 heavy (non-hydrogen) atoms. The van der Waals surface area contributed by atoms with E-state index in [0.717, 1.165) is 19.3 Å². The maximum absolute atomic E-state index is 12.8. The molecular formula is C17H22N2O4S3. The Kier molecular flexibility index (Phi) is 6.13. The van der Waals surface area contributed by atoms with Crippen molar-refractivity contribution >= 4 is 31.4 Å². The van der Waals surface area contributed by atoms with Gasteiger partial charge < -0.3 is 0 Å². The molecule has 1 fully saturated rings. The van der Waals surface area contributed by atoms with Gasteiger partial charge in [-0.15, -0.1) is 11.3 Å². The standard InChI is InChI=1S/C17H22N2O4S3/c20-25(21,16-8-2-1-3-9-16)18-12-11-15-7-4-5-13-19(15)26(22,23)17-10-6-14-24-17/h1-3,6,8-10,14-15,18H,4-5,7,11-13H2. The van der Waals surface area contributed by atoms with Gasteiger partial charge in [-0.3, -0.25) is 0 Å². The quantitative estimate of drug-likeness (QED) is 0.755. The Morgan fingerprint density at radius 2 is 1.81 bits per heavy atom. The lowest BCUT2D eigenvalue weighted by Gasteiger charge is -2.34.